The van der Waals surface area contributed by atoms with Gasteiger partial charge in [-0.15, -0.1) is 0 Å². The van der Waals surface area contributed by atoms with E-state index in [2.05, 4.69) is 19.2 Å². The molecule has 1 rings (SSSR count). The molecule has 0 radical (unpaired) electrons. The minimum atomic E-state index is -0.384. The molecule has 1 N–H and O–H groups in total. The van der Waals surface area contributed by atoms with E-state index in [0.29, 0.717) is 31.8 Å². The van der Waals surface area contributed by atoms with Gasteiger partial charge in [0.25, 0.3) is 0 Å². The lowest BCUT2D eigenvalue weighted by atomic mass is 10.1. The van der Waals surface area contributed by atoms with E-state index in [1.165, 1.54) is 5.56 Å². The van der Waals surface area contributed by atoms with Crippen LogP contribution >= 0.6 is 0 Å². The van der Waals surface area contributed by atoms with Crippen molar-refractivity contribution in [2.75, 3.05) is 13.1 Å². The number of carbonyl (C=O) groups is 2. The van der Waals surface area contributed by atoms with Gasteiger partial charge in [0, 0.05) is 19.5 Å². The summed E-state index contributed by atoms with van der Waals surface area (Å²) < 4.78 is 0. The summed E-state index contributed by atoms with van der Waals surface area (Å²) in [6.45, 7) is 9.14. The standard InChI is InChI=1S/C19H30N2O2/c1-5-17(19(23)20-14-15(3)4)21(18(22)6-2)13-12-16-10-8-7-9-11-16/h7-11,15,17H,5-6,12-14H2,1-4H3,(H,20,23)/t17-/m0/s1. The molecule has 0 heterocycles. The fourth-order valence-electron chi connectivity index (χ4n) is 2.52. The number of benzene rings is 1. The Kier molecular flexibility index (Phi) is 8.38. The molecule has 0 saturated heterocycles. The van der Waals surface area contributed by atoms with Crippen LogP contribution in [-0.4, -0.2) is 35.8 Å². The lowest BCUT2D eigenvalue weighted by Gasteiger charge is -2.30. The molecule has 1 atom stereocenters. The van der Waals surface area contributed by atoms with Crippen molar-refractivity contribution >= 4 is 11.8 Å². The SMILES string of the molecule is CCC(=O)N(CCc1ccccc1)[C@@H](CC)C(=O)NCC(C)C. The summed E-state index contributed by atoms with van der Waals surface area (Å²) >= 11 is 0. The van der Waals surface area contributed by atoms with Crippen LogP contribution in [0.2, 0.25) is 0 Å². The largest absolute Gasteiger partial charge is 0.354 e. The normalized spacial score (nSPS) is 12.0. The van der Waals surface area contributed by atoms with Gasteiger partial charge in [0.2, 0.25) is 11.8 Å². The number of hydrogen-bond acceptors (Lipinski definition) is 2. The topological polar surface area (TPSA) is 49.4 Å². The zero-order valence-corrected chi connectivity index (χ0v) is 14.8. The maximum atomic E-state index is 12.4. The first-order chi connectivity index (χ1) is 11.0. The van der Waals surface area contributed by atoms with E-state index in [-0.39, 0.29) is 17.9 Å². The Hall–Kier alpha value is -1.84. The van der Waals surface area contributed by atoms with E-state index in [4.69, 9.17) is 0 Å². The maximum absolute atomic E-state index is 12.4. The van der Waals surface area contributed by atoms with E-state index in [1.54, 1.807) is 4.90 Å². The van der Waals surface area contributed by atoms with Gasteiger partial charge in [-0.1, -0.05) is 58.0 Å². The minimum absolute atomic E-state index is 0.0347. The van der Waals surface area contributed by atoms with E-state index in [1.807, 2.05) is 44.2 Å². The molecule has 0 unspecified atom stereocenters. The molecule has 0 aliphatic carbocycles. The fraction of sp³-hybridized carbons (Fsp3) is 0.579. The number of rotatable bonds is 9. The van der Waals surface area contributed by atoms with Crippen molar-refractivity contribution < 1.29 is 9.59 Å². The molecule has 128 valence electrons. The van der Waals surface area contributed by atoms with Crippen LogP contribution in [0, 0.1) is 5.92 Å². The molecule has 0 aromatic heterocycles. The number of hydrogen-bond donors (Lipinski definition) is 1. The summed E-state index contributed by atoms with van der Waals surface area (Å²) in [5.41, 5.74) is 1.18. The summed E-state index contributed by atoms with van der Waals surface area (Å²) in [5, 5.41) is 2.96. The molecule has 0 spiro atoms. The van der Waals surface area contributed by atoms with Gasteiger partial charge in [-0.05, 0) is 24.3 Å². The Morgan fingerprint density at radius 2 is 1.78 bits per heavy atom. The second kappa shape index (κ2) is 10.0. The third-order valence-corrected chi connectivity index (χ3v) is 3.86. The van der Waals surface area contributed by atoms with Crippen LogP contribution in [0.1, 0.15) is 46.1 Å². The lowest BCUT2D eigenvalue weighted by Crippen LogP contribution is -2.50. The molecule has 0 bridgehead atoms. The van der Waals surface area contributed by atoms with Crippen LogP contribution in [-0.2, 0) is 16.0 Å². The van der Waals surface area contributed by atoms with Crippen LogP contribution in [0.15, 0.2) is 30.3 Å². The van der Waals surface area contributed by atoms with Gasteiger partial charge in [-0.2, -0.15) is 0 Å². The highest BCUT2D eigenvalue weighted by atomic mass is 16.2. The quantitative estimate of drug-likeness (QED) is 0.761. The van der Waals surface area contributed by atoms with Crippen LogP contribution in [0.4, 0.5) is 0 Å². The van der Waals surface area contributed by atoms with Crippen molar-refractivity contribution in [3.05, 3.63) is 35.9 Å². The highest BCUT2D eigenvalue weighted by Crippen LogP contribution is 2.10. The molecular weight excluding hydrogens is 288 g/mol. The summed E-state index contributed by atoms with van der Waals surface area (Å²) in [5.74, 6) is 0.389. The van der Waals surface area contributed by atoms with Gasteiger partial charge in [-0.25, -0.2) is 0 Å². The summed E-state index contributed by atoms with van der Waals surface area (Å²) in [7, 11) is 0. The Balaban J connectivity index is 2.77. The summed E-state index contributed by atoms with van der Waals surface area (Å²) in [4.78, 5) is 26.5. The van der Waals surface area contributed by atoms with Crippen molar-refractivity contribution in [1.82, 2.24) is 10.2 Å². The molecule has 0 fully saturated rings. The highest BCUT2D eigenvalue weighted by Gasteiger charge is 2.27. The van der Waals surface area contributed by atoms with Crippen molar-refractivity contribution in [1.29, 1.82) is 0 Å². The molecule has 0 aliphatic heterocycles. The van der Waals surface area contributed by atoms with Crippen molar-refractivity contribution in [3.8, 4) is 0 Å². The number of carbonyl (C=O) groups excluding carboxylic acids is 2. The Morgan fingerprint density at radius 1 is 1.13 bits per heavy atom. The van der Waals surface area contributed by atoms with E-state index < -0.39 is 0 Å². The Bertz CT molecular complexity index is 485. The van der Waals surface area contributed by atoms with Gasteiger partial charge < -0.3 is 10.2 Å². The van der Waals surface area contributed by atoms with Crippen molar-refractivity contribution in [2.45, 2.75) is 53.0 Å². The smallest absolute Gasteiger partial charge is 0.242 e. The molecule has 1 aromatic carbocycles. The summed E-state index contributed by atoms with van der Waals surface area (Å²) in [6.07, 6.45) is 1.81. The number of nitrogens with zero attached hydrogens (tertiary/aromatic N) is 1. The van der Waals surface area contributed by atoms with Gasteiger partial charge in [0.05, 0.1) is 0 Å². The fourth-order valence-corrected chi connectivity index (χ4v) is 2.52. The Morgan fingerprint density at radius 3 is 2.30 bits per heavy atom. The average Bonchev–Trinajstić information content (AvgIpc) is 2.56. The first-order valence-electron chi connectivity index (χ1n) is 8.60. The molecule has 23 heavy (non-hydrogen) atoms. The first-order valence-corrected chi connectivity index (χ1v) is 8.60. The maximum Gasteiger partial charge on any atom is 0.242 e. The van der Waals surface area contributed by atoms with Crippen LogP contribution in [0.5, 0.6) is 0 Å². The lowest BCUT2D eigenvalue weighted by molar-refractivity contribution is -0.140. The van der Waals surface area contributed by atoms with Gasteiger partial charge in [0.1, 0.15) is 6.04 Å². The average molecular weight is 318 g/mol. The van der Waals surface area contributed by atoms with Crippen molar-refractivity contribution in [2.24, 2.45) is 5.92 Å². The minimum Gasteiger partial charge on any atom is -0.354 e. The zero-order valence-electron chi connectivity index (χ0n) is 14.8. The summed E-state index contributed by atoms with van der Waals surface area (Å²) in [6, 6.07) is 9.68. The molecule has 1 aromatic rings. The molecule has 0 aliphatic rings. The Labute approximate surface area is 140 Å². The van der Waals surface area contributed by atoms with Crippen LogP contribution in [0.3, 0.4) is 0 Å². The van der Waals surface area contributed by atoms with E-state index in [9.17, 15) is 9.59 Å². The highest BCUT2D eigenvalue weighted by molar-refractivity contribution is 5.87. The third kappa shape index (κ3) is 6.43. The molecular formula is C19H30N2O2. The number of amides is 2. The van der Waals surface area contributed by atoms with Gasteiger partial charge >= 0.3 is 0 Å². The van der Waals surface area contributed by atoms with Crippen LogP contribution < -0.4 is 5.32 Å². The molecule has 2 amide bonds. The predicted octanol–water partition coefficient (Wildman–Crippen LogP) is 3.02. The van der Waals surface area contributed by atoms with Crippen LogP contribution in [0.25, 0.3) is 0 Å². The molecule has 4 nitrogen and oxygen atoms in total. The molecule has 0 saturated carbocycles. The number of nitrogens with one attached hydrogen (secondary N) is 1. The van der Waals surface area contributed by atoms with Gasteiger partial charge in [-0.3, -0.25) is 9.59 Å². The second-order valence-electron chi connectivity index (χ2n) is 6.24. The first kappa shape index (κ1) is 19.2. The zero-order chi connectivity index (χ0) is 17.2. The van der Waals surface area contributed by atoms with Gasteiger partial charge in [0.15, 0.2) is 0 Å². The van der Waals surface area contributed by atoms with E-state index >= 15 is 0 Å². The second-order valence-corrected chi connectivity index (χ2v) is 6.24. The monoisotopic (exact) mass is 318 g/mol. The van der Waals surface area contributed by atoms with E-state index in [0.717, 1.165) is 6.42 Å². The molecule has 4 heteroatoms. The van der Waals surface area contributed by atoms with Crippen molar-refractivity contribution in [3.63, 3.8) is 0 Å². The third-order valence-electron chi connectivity index (χ3n) is 3.86. The predicted molar refractivity (Wildman–Crippen MR) is 94.1 cm³/mol.